The van der Waals surface area contributed by atoms with E-state index in [0.29, 0.717) is 15.6 Å². The van der Waals surface area contributed by atoms with Crippen molar-refractivity contribution >= 4 is 39.1 Å². The molecule has 2 atom stereocenters. The first-order valence-electron chi connectivity index (χ1n) is 6.54. The maximum atomic E-state index is 13.9. The molecule has 0 amide bonds. The lowest BCUT2D eigenvalue weighted by atomic mass is 10.0. The standard InChI is InChI=1S/C16H15BrCl2FN/c1-9(13-5-4-12(18)8-15(13)19)21-10(2)14-7-11(17)3-6-16(14)20/h3-10,21H,1-2H3. The van der Waals surface area contributed by atoms with Crippen molar-refractivity contribution in [3.63, 3.8) is 0 Å². The second-order valence-corrected chi connectivity index (χ2v) is 6.70. The molecule has 0 saturated heterocycles. The SMILES string of the molecule is CC(NC(C)c1ccc(Cl)cc1Cl)c1cc(Br)ccc1F. The molecule has 0 fully saturated rings. The molecule has 2 aromatic carbocycles. The molecule has 2 unspecified atom stereocenters. The smallest absolute Gasteiger partial charge is 0.128 e. The highest BCUT2D eigenvalue weighted by molar-refractivity contribution is 9.10. The summed E-state index contributed by atoms with van der Waals surface area (Å²) < 4.78 is 14.8. The summed E-state index contributed by atoms with van der Waals surface area (Å²) in [5, 5.41) is 4.55. The summed E-state index contributed by atoms with van der Waals surface area (Å²) in [6, 6.07) is 10.1. The number of benzene rings is 2. The van der Waals surface area contributed by atoms with E-state index < -0.39 is 0 Å². The van der Waals surface area contributed by atoms with Gasteiger partial charge < -0.3 is 5.32 Å². The largest absolute Gasteiger partial charge is 0.303 e. The van der Waals surface area contributed by atoms with Gasteiger partial charge in [-0.05, 0) is 49.7 Å². The molecule has 0 radical (unpaired) electrons. The minimum absolute atomic E-state index is 0.0249. The van der Waals surface area contributed by atoms with Crippen LogP contribution in [0.2, 0.25) is 10.0 Å². The van der Waals surface area contributed by atoms with Crippen molar-refractivity contribution in [3.8, 4) is 0 Å². The zero-order valence-electron chi connectivity index (χ0n) is 11.6. The third-order valence-electron chi connectivity index (χ3n) is 3.35. The van der Waals surface area contributed by atoms with Crippen LogP contribution >= 0.6 is 39.1 Å². The van der Waals surface area contributed by atoms with Crippen molar-refractivity contribution < 1.29 is 4.39 Å². The fourth-order valence-electron chi connectivity index (χ4n) is 2.25. The van der Waals surface area contributed by atoms with Gasteiger partial charge in [0, 0.05) is 32.2 Å². The number of hydrogen-bond acceptors (Lipinski definition) is 1. The van der Waals surface area contributed by atoms with Crippen LogP contribution in [0, 0.1) is 5.82 Å². The van der Waals surface area contributed by atoms with Gasteiger partial charge in [-0.25, -0.2) is 4.39 Å². The third kappa shape index (κ3) is 4.19. The molecule has 21 heavy (non-hydrogen) atoms. The second-order valence-electron chi connectivity index (χ2n) is 4.94. The minimum Gasteiger partial charge on any atom is -0.303 e. The molecule has 1 nitrogen and oxygen atoms in total. The lowest BCUT2D eigenvalue weighted by Crippen LogP contribution is -2.23. The quantitative estimate of drug-likeness (QED) is 0.645. The van der Waals surface area contributed by atoms with Crippen molar-refractivity contribution in [2.75, 3.05) is 0 Å². The van der Waals surface area contributed by atoms with E-state index in [9.17, 15) is 4.39 Å². The Morgan fingerprint density at radius 2 is 1.67 bits per heavy atom. The molecule has 0 aliphatic heterocycles. The summed E-state index contributed by atoms with van der Waals surface area (Å²) >= 11 is 15.5. The zero-order chi connectivity index (χ0) is 15.6. The maximum absolute atomic E-state index is 13.9. The van der Waals surface area contributed by atoms with Gasteiger partial charge in [0.1, 0.15) is 5.82 Å². The first-order valence-corrected chi connectivity index (χ1v) is 8.09. The molecule has 5 heteroatoms. The second kappa shape index (κ2) is 7.10. The van der Waals surface area contributed by atoms with E-state index in [2.05, 4.69) is 21.2 Å². The van der Waals surface area contributed by atoms with Crippen molar-refractivity contribution in [1.82, 2.24) is 5.32 Å². The summed E-state index contributed by atoms with van der Waals surface area (Å²) in [7, 11) is 0. The lowest BCUT2D eigenvalue weighted by molar-refractivity contribution is 0.474. The van der Waals surface area contributed by atoms with Gasteiger partial charge in [-0.2, -0.15) is 0 Å². The monoisotopic (exact) mass is 389 g/mol. The first kappa shape index (κ1) is 16.8. The van der Waals surface area contributed by atoms with Gasteiger partial charge in [-0.3, -0.25) is 0 Å². The normalized spacial score (nSPS) is 14.0. The average Bonchev–Trinajstić information content (AvgIpc) is 2.41. The van der Waals surface area contributed by atoms with E-state index in [0.717, 1.165) is 10.0 Å². The van der Waals surface area contributed by atoms with Gasteiger partial charge in [0.15, 0.2) is 0 Å². The van der Waals surface area contributed by atoms with Gasteiger partial charge in [0.05, 0.1) is 0 Å². The van der Waals surface area contributed by atoms with Crippen LogP contribution in [-0.2, 0) is 0 Å². The molecule has 2 rings (SSSR count). The van der Waals surface area contributed by atoms with Crippen LogP contribution in [0.1, 0.15) is 37.1 Å². The molecule has 0 aliphatic carbocycles. The highest BCUT2D eigenvalue weighted by Gasteiger charge is 2.16. The van der Waals surface area contributed by atoms with Crippen molar-refractivity contribution in [2.45, 2.75) is 25.9 Å². The molecule has 112 valence electrons. The van der Waals surface area contributed by atoms with Crippen LogP contribution in [0.5, 0.6) is 0 Å². The van der Waals surface area contributed by atoms with Crippen molar-refractivity contribution in [1.29, 1.82) is 0 Å². The van der Waals surface area contributed by atoms with Crippen molar-refractivity contribution in [2.24, 2.45) is 0 Å². The van der Waals surface area contributed by atoms with Crippen LogP contribution < -0.4 is 5.32 Å². The Labute approximate surface area is 142 Å². The molecule has 0 heterocycles. The van der Waals surface area contributed by atoms with Crippen LogP contribution in [0.15, 0.2) is 40.9 Å². The molecule has 2 aromatic rings. The minimum atomic E-state index is -0.229. The van der Waals surface area contributed by atoms with Crippen LogP contribution in [0.3, 0.4) is 0 Å². The summed E-state index contributed by atoms with van der Waals surface area (Å²) in [6.45, 7) is 3.91. The highest BCUT2D eigenvalue weighted by atomic mass is 79.9. The number of halogens is 4. The highest BCUT2D eigenvalue weighted by Crippen LogP contribution is 2.29. The van der Waals surface area contributed by atoms with Gasteiger partial charge in [0.2, 0.25) is 0 Å². The van der Waals surface area contributed by atoms with Crippen molar-refractivity contribution in [3.05, 3.63) is 67.9 Å². The van der Waals surface area contributed by atoms with E-state index in [1.165, 1.54) is 6.07 Å². The zero-order valence-corrected chi connectivity index (χ0v) is 14.7. The van der Waals surface area contributed by atoms with E-state index in [4.69, 9.17) is 23.2 Å². The average molecular weight is 391 g/mol. The predicted octanol–water partition coefficient (Wildman–Crippen LogP) is 6.31. The number of nitrogens with one attached hydrogen (secondary N) is 1. The fraction of sp³-hybridized carbons (Fsp3) is 0.250. The van der Waals surface area contributed by atoms with Gasteiger partial charge in [-0.15, -0.1) is 0 Å². The van der Waals surface area contributed by atoms with Crippen LogP contribution in [0.25, 0.3) is 0 Å². The Morgan fingerprint density at radius 3 is 2.33 bits per heavy atom. The van der Waals surface area contributed by atoms with Gasteiger partial charge in [0.25, 0.3) is 0 Å². The Bertz CT molecular complexity index is 648. The van der Waals surface area contributed by atoms with E-state index in [1.807, 2.05) is 19.9 Å². The molecular weight excluding hydrogens is 376 g/mol. The van der Waals surface area contributed by atoms with E-state index in [-0.39, 0.29) is 17.9 Å². The summed E-state index contributed by atoms with van der Waals surface area (Å²) in [5.74, 6) is -0.229. The molecule has 0 aromatic heterocycles. The van der Waals surface area contributed by atoms with Crippen LogP contribution in [0.4, 0.5) is 4.39 Å². The fourth-order valence-corrected chi connectivity index (χ4v) is 3.20. The maximum Gasteiger partial charge on any atom is 0.128 e. The number of hydrogen-bond donors (Lipinski definition) is 1. The predicted molar refractivity (Wildman–Crippen MR) is 90.5 cm³/mol. The Morgan fingerprint density at radius 1 is 1.00 bits per heavy atom. The molecule has 0 saturated carbocycles. The Kier molecular flexibility index (Phi) is 5.67. The number of rotatable bonds is 4. The topological polar surface area (TPSA) is 12.0 Å². The van der Waals surface area contributed by atoms with Gasteiger partial charge >= 0.3 is 0 Å². The Balaban J connectivity index is 2.18. The molecule has 0 bridgehead atoms. The van der Waals surface area contributed by atoms with E-state index in [1.54, 1.807) is 24.3 Å². The Hall–Kier alpha value is -0.610. The summed E-state index contributed by atoms with van der Waals surface area (Å²) in [6.07, 6.45) is 0. The van der Waals surface area contributed by atoms with Gasteiger partial charge in [-0.1, -0.05) is 45.2 Å². The third-order valence-corrected chi connectivity index (χ3v) is 4.41. The molecule has 0 aliphatic rings. The molecule has 0 spiro atoms. The molecule has 1 N–H and O–H groups in total. The van der Waals surface area contributed by atoms with E-state index >= 15 is 0 Å². The lowest BCUT2D eigenvalue weighted by Gasteiger charge is -2.22. The molecular formula is C16H15BrCl2FN. The summed E-state index contributed by atoms with van der Waals surface area (Å²) in [4.78, 5) is 0. The summed E-state index contributed by atoms with van der Waals surface area (Å²) in [5.41, 5.74) is 1.55. The van der Waals surface area contributed by atoms with Crippen LogP contribution in [-0.4, -0.2) is 0 Å². The first-order chi connectivity index (χ1) is 9.88.